The number of nitrogens with zero attached hydrogens (tertiary/aromatic N) is 6. The molecule has 7 rings (SSSR count). The maximum absolute atomic E-state index is 14.9. The van der Waals surface area contributed by atoms with Crippen LogP contribution in [0.2, 0.25) is 0 Å². The molecule has 4 aliphatic rings. The van der Waals surface area contributed by atoms with Crippen LogP contribution < -0.4 is 0 Å². The van der Waals surface area contributed by atoms with E-state index in [2.05, 4.69) is 30.0 Å². The zero-order chi connectivity index (χ0) is 26.6. The molecule has 0 atom stereocenters. The third-order valence-corrected chi connectivity index (χ3v) is 6.11. The normalized spacial score (nSPS) is 16.3. The van der Waals surface area contributed by atoms with Crippen molar-refractivity contribution in [3.8, 4) is 0 Å². The first kappa shape index (κ1) is 22.3. The van der Waals surface area contributed by atoms with Gasteiger partial charge in [0.05, 0.1) is 22.3 Å². The minimum Gasteiger partial charge on any atom is -0.208 e. The van der Waals surface area contributed by atoms with E-state index in [0.29, 0.717) is 0 Å². The summed E-state index contributed by atoms with van der Waals surface area (Å²) in [4.78, 5) is 23.8. The number of rotatable bonds is 0. The molecule has 0 aliphatic carbocycles. The number of aliphatic imine (C=N–C) groups is 6. The van der Waals surface area contributed by atoms with Gasteiger partial charge in [0.1, 0.15) is 0 Å². The topological polar surface area (TPSA) is 74.2 Å². The molecule has 6 nitrogen and oxygen atoms in total. The SMILES string of the molecule is Fc1c(F)c(F)c2c(c1F)C1=NC3=NC(=NC4=NC(=NC2=N1)c1c(F)c(F)c(F)c(F)c14)c1ccccc13. The fourth-order valence-electron chi connectivity index (χ4n) is 4.42. The van der Waals surface area contributed by atoms with Crippen LogP contribution in [-0.2, 0) is 0 Å². The maximum Gasteiger partial charge on any atom is 0.198 e. The lowest BCUT2D eigenvalue weighted by Crippen LogP contribution is -2.13. The molecule has 3 aromatic rings. The summed E-state index contributed by atoms with van der Waals surface area (Å²) in [5.74, 6) is -19.7. The lowest BCUT2D eigenvalue weighted by molar-refractivity contribution is 0.407. The maximum atomic E-state index is 14.9. The molecule has 6 bridgehead atoms. The molecular formula is C24H4F8N6. The molecule has 0 radical (unpaired) electrons. The lowest BCUT2D eigenvalue weighted by Gasteiger charge is -2.08. The van der Waals surface area contributed by atoms with Crippen molar-refractivity contribution in [1.82, 2.24) is 0 Å². The van der Waals surface area contributed by atoms with Crippen LogP contribution in [0, 0.1) is 46.5 Å². The molecule has 0 aromatic heterocycles. The highest BCUT2D eigenvalue weighted by Gasteiger charge is 2.40. The quantitative estimate of drug-likeness (QED) is 0.230. The molecule has 4 aliphatic heterocycles. The Kier molecular flexibility index (Phi) is 4.31. The van der Waals surface area contributed by atoms with Gasteiger partial charge in [0.15, 0.2) is 81.6 Å². The second kappa shape index (κ2) is 7.34. The standard InChI is InChI=1S/C24H4F8N6/c25-11-7-9(13(27)17(31)15(11)29)23-36-21(7)34-19-5-3-1-2-4-6(5)20(33-19)35-22-8-10(24(37-22)38-23)14(28)18(32)16(30)12(8)26/h1-4H. The van der Waals surface area contributed by atoms with Gasteiger partial charge in [-0.1, -0.05) is 24.3 Å². The van der Waals surface area contributed by atoms with Crippen LogP contribution in [0.5, 0.6) is 0 Å². The zero-order valence-electron chi connectivity index (χ0n) is 18.0. The van der Waals surface area contributed by atoms with Crippen molar-refractivity contribution in [3.05, 3.63) is 104 Å². The molecule has 0 saturated heterocycles. The molecule has 0 N–H and O–H groups in total. The summed E-state index contributed by atoms with van der Waals surface area (Å²) < 4.78 is 116. The number of fused-ring (bicyclic) bond motifs is 12. The molecule has 0 fully saturated rings. The minimum atomic E-state index is -2.20. The predicted molar refractivity (Wildman–Crippen MR) is 118 cm³/mol. The first-order chi connectivity index (χ1) is 18.2. The third kappa shape index (κ3) is 2.71. The second-order valence-corrected chi connectivity index (χ2v) is 8.17. The number of hydrogen-bond donors (Lipinski definition) is 0. The van der Waals surface area contributed by atoms with E-state index in [1.54, 1.807) is 12.1 Å². The number of benzene rings is 3. The van der Waals surface area contributed by atoms with E-state index in [0.717, 1.165) is 0 Å². The number of amidine groups is 6. The van der Waals surface area contributed by atoms with Crippen molar-refractivity contribution in [3.63, 3.8) is 0 Å². The van der Waals surface area contributed by atoms with E-state index in [1.165, 1.54) is 12.1 Å². The van der Waals surface area contributed by atoms with Crippen molar-refractivity contribution in [2.75, 3.05) is 0 Å². The van der Waals surface area contributed by atoms with Crippen molar-refractivity contribution in [1.29, 1.82) is 0 Å². The van der Waals surface area contributed by atoms with Crippen LogP contribution in [0.1, 0.15) is 33.4 Å². The molecule has 0 spiro atoms. The van der Waals surface area contributed by atoms with Gasteiger partial charge in [-0.3, -0.25) is 0 Å². The summed E-state index contributed by atoms with van der Waals surface area (Å²) in [5.41, 5.74) is -3.33. The largest absolute Gasteiger partial charge is 0.208 e. The molecule has 3 aromatic carbocycles. The van der Waals surface area contributed by atoms with Crippen LogP contribution in [0.3, 0.4) is 0 Å². The first-order valence-electron chi connectivity index (χ1n) is 10.5. The summed E-state index contributed by atoms with van der Waals surface area (Å²) in [6.07, 6.45) is 0. The first-order valence-corrected chi connectivity index (χ1v) is 10.5. The van der Waals surface area contributed by atoms with Crippen molar-refractivity contribution in [2.24, 2.45) is 30.0 Å². The van der Waals surface area contributed by atoms with Gasteiger partial charge in [-0.25, -0.2) is 65.1 Å². The van der Waals surface area contributed by atoms with Gasteiger partial charge in [0, 0.05) is 11.1 Å². The molecule has 0 amide bonds. The second-order valence-electron chi connectivity index (χ2n) is 8.17. The molecule has 0 saturated carbocycles. The highest BCUT2D eigenvalue weighted by molar-refractivity contribution is 6.34. The average Bonchev–Trinajstić information content (AvgIpc) is 3.56. The van der Waals surface area contributed by atoms with Crippen molar-refractivity contribution < 1.29 is 35.1 Å². The summed E-state index contributed by atoms with van der Waals surface area (Å²) in [5, 5.41) is 0. The number of hydrogen-bond acceptors (Lipinski definition) is 6. The molecular weight excluding hydrogens is 524 g/mol. The summed E-state index contributed by atoms with van der Waals surface area (Å²) >= 11 is 0. The van der Waals surface area contributed by atoms with Crippen LogP contribution in [0.15, 0.2) is 54.2 Å². The summed E-state index contributed by atoms with van der Waals surface area (Å²) in [6, 6.07) is 6.15. The number of halogens is 8. The van der Waals surface area contributed by atoms with Crippen molar-refractivity contribution >= 4 is 35.0 Å². The van der Waals surface area contributed by atoms with Crippen LogP contribution in [0.4, 0.5) is 35.1 Å². The van der Waals surface area contributed by atoms with Gasteiger partial charge in [0.2, 0.25) is 0 Å². The lowest BCUT2D eigenvalue weighted by atomic mass is 10.0. The van der Waals surface area contributed by atoms with Crippen LogP contribution in [-0.4, -0.2) is 35.0 Å². The van der Waals surface area contributed by atoms with E-state index in [9.17, 15) is 35.1 Å². The van der Waals surface area contributed by atoms with Crippen LogP contribution >= 0.6 is 0 Å². The minimum absolute atomic E-state index is 0.185. The van der Waals surface area contributed by atoms with Gasteiger partial charge in [0.25, 0.3) is 0 Å². The Morgan fingerprint density at radius 3 is 0.868 bits per heavy atom. The van der Waals surface area contributed by atoms with Gasteiger partial charge < -0.3 is 0 Å². The monoisotopic (exact) mass is 528 g/mol. The fraction of sp³-hybridized carbons (Fsp3) is 0. The van der Waals surface area contributed by atoms with Gasteiger partial charge in [-0.15, -0.1) is 0 Å². The van der Waals surface area contributed by atoms with Gasteiger partial charge in [-0.2, -0.15) is 0 Å². The van der Waals surface area contributed by atoms with E-state index in [1.807, 2.05) is 0 Å². The van der Waals surface area contributed by atoms with E-state index < -0.39 is 92.1 Å². The Morgan fingerprint density at radius 1 is 0.316 bits per heavy atom. The highest BCUT2D eigenvalue weighted by Crippen LogP contribution is 2.35. The Labute approximate surface area is 204 Å². The van der Waals surface area contributed by atoms with E-state index in [-0.39, 0.29) is 22.8 Å². The van der Waals surface area contributed by atoms with E-state index in [4.69, 9.17) is 0 Å². The Hall–Kier alpha value is -4.88. The molecule has 38 heavy (non-hydrogen) atoms. The van der Waals surface area contributed by atoms with Gasteiger partial charge >= 0.3 is 0 Å². The zero-order valence-corrected chi connectivity index (χ0v) is 18.0. The molecule has 0 unspecified atom stereocenters. The van der Waals surface area contributed by atoms with Crippen molar-refractivity contribution in [2.45, 2.75) is 0 Å². The smallest absolute Gasteiger partial charge is 0.198 e. The van der Waals surface area contributed by atoms with Gasteiger partial charge in [-0.05, 0) is 0 Å². The molecule has 186 valence electrons. The van der Waals surface area contributed by atoms with E-state index >= 15 is 0 Å². The fourth-order valence-corrected chi connectivity index (χ4v) is 4.42. The Morgan fingerprint density at radius 2 is 0.553 bits per heavy atom. The Balaban J connectivity index is 1.64. The summed E-state index contributed by atoms with van der Waals surface area (Å²) in [7, 11) is 0. The van der Waals surface area contributed by atoms with Crippen LogP contribution in [0.25, 0.3) is 0 Å². The predicted octanol–water partition coefficient (Wildman–Crippen LogP) is 4.73. The Bertz CT molecular complexity index is 1900. The highest BCUT2D eigenvalue weighted by atomic mass is 19.2. The molecule has 14 heteroatoms. The molecule has 4 heterocycles. The average molecular weight is 528 g/mol. The summed E-state index contributed by atoms with van der Waals surface area (Å²) in [6.45, 7) is 0. The third-order valence-electron chi connectivity index (χ3n) is 6.11.